The highest BCUT2D eigenvalue weighted by Gasteiger charge is 2.19. The summed E-state index contributed by atoms with van der Waals surface area (Å²) in [4.78, 5) is 35.3. The van der Waals surface area contributed by atoms with Crippen LogP contribution in [0.2, 0.25) is 0 Å². The summed E-state index contributed by atoms with van der Waals surface area (Å²) in [7, 11) is 0. The Balaban J connectivity index is 1.63. The van der Waals surface area contributed by atoms with E-state index in [2.05, 4.69) is 5.32 Å². The molecule has 156 valence electrons. The molecule has 1 amide bonds. The number of thioether (sulfide) groups is 1. The van der Waals surface area contributed by atoms with Gasteiger partial charge in [-0.25, -0.2) is 9.59 Å². The number of benzene rings is 2. The fraction of sp³-hybridized carbons (Fsp3) is 0.227. The number of carbonyl (C=O) groups excluding carboxylic acids is 1. The maximum atomic E-state index is 12.1. The van der Waals surface area contributed by atoms with Crippen molar-refractivity contribution in [1.29, 1.82) is 0 Å². The minimum Gasteiger partial charge on any atom is -0.484 e. The Kier molecular flexibility index (Phi) is 7.13. The molecule has 0 fully saturated rings. The van der Waals surface area contributed by atoms with Crippen LogP contribution in [0, 0.1) is 0 Å². The first-order valence-corrected chi connectivity index (χ1v) is 10.6. The fourth-order valence-corrected chi connectivity index (χ4v) is 3.34. The van der Waals surface area contributed by atoms with Crippen molar-refractivity contribution in [2.75, 3.05) is 18.6 Å². The maximum Gasteiger partial charge on any atom is 0.344 e. The Morgan fingerprint density at radius 3 is 2.60 bits per heavy atom. The third-order valence-electron chi connectivity index (χ3n) is 4.42. The highest BCUT2D eigenvalue weighted by Crippen LogP contribution is 2.24. The summed E-state index contributed by atoms with van der Waals surface area (Å²) < 4.78 is 10.8. The van der Waals surface area contributed by atoms with E-state index >= 15 is 0 Å². The van der Waals surface area contributed by atoms with Crippen molar-refractivity contribution in [3.05, 3.63) is 65.0 Å². The van der Waals surface area contributed by atoms with Crippen molar-refractivity contribution in [3.8, 4) is 17.1 Å². The SMILES string of the molecule is CSCC[C@H](NC(=O)COc1ccc(-c2cc3ccccc3c(=O)o2)cc1)C(=O)O. The molecule has 0 radical (unpaired) electrons. The van der Waals surface area contributed by atoms with Crippen LogP contribution in [0.15, 0.2) is 63.8 Å². The zero-order valence-electron chi connectivity index (χ0n) is 16.3. The number of hydrogen-bond acceptors (Lipinski definition) is 6. The smallest absolute Gasteiger partial charge is 0.344 e. The van der Waals surface area contributed by atoms with Crippen molar-refractivity contribution in [2.24, 2.45) is 0 Å². The van der Waals surface area contributed by atoms with Crippen LogP contribution in [0.3, 0.4) is 0 Å². The predicted octanol–water partition coefficient (Wildman–Crippen LogP) is 3.16. The minimum absolute atomic E-state index is 0.298. The first kappa shape index (κ1) is 21.4. The molecule has 0 saturated heterocycles. The molecule has 8 heteroatoms. The van der Waals surface area contributed by atoms with Crippen LogP contribution >= 0.6 is 11.8 Å². The van der Waals surface area contributed by atoms with Gasteiger partial charge in [-0.15, -0.1) is 0 Å². The average Bonchev–Trinajstić information content (AvgIpc) is 2.75. The van der Waals surface area contributed by atoms with E-state index in [1.54, 1.807) is 42.5 Å². The molecule has 0 bridgehead atoms. The predicted molar refractivity (Wildman–Crippen MR) is 116 cm³/mol. The van der Waals surface area contributed by atoms with Gasteiger partial charge in [-0.1, -0.05) is 18.2 Å². The van der Waals surface area contributed by atoms with E-state index in [1.165, 1.54) is 11.8 Å². The van der Waals surface area contributed by atoms with Crippen LogP contribution in [0.5, 0.6) is 5.75 Å². The molecule has 1 heterocycles. The van der Waals surface area contributed by atoms with Gasteiger partial charge in [0.2, 0.25) is 0 Å². The van der Waals surface area contributed by atoms with E-state index in [0.29, 0.717) is 34.6 Å². The number of ether oxygens (including phenoxy) is 1. The maximum absolute atomic E-state index is 12.1. The van der Waals surface area contributed by atoms with Gasteiger partial charge in [0, 0.05) is 5.56 Å². The second kappa shape index (κ2) is 9.98. The summed E-state index contributed by atoms with van der Waals surface area (Å²) in [5.41, 5.74) is 0.284. The Morgan fingerprint density at radius 2 is 1.90 bits per heavy atom. The van der Waals surface area contributed by atoms with Gasteiger partial charge in [0.15, 0.2) is 6.61 Å². The van der Waals surface area contributed by atoms with Gasteiger partial charge in [-0.3, -0.25) is 4.79 Å². The summed E-state index contributed by atoms with van der Waals surface area (Å²) in [5, 5.41) is 12.9. The Bertz CT molecular complexity index is 1090. The number of carbonyl (C=O) groups is 2. The molecule has 3 rings (SSSR count). The second-order valence-corrected chi connectivity index (χ2v) is 7.52. The Hall–Kier alpha value is -3.26. The number of carboxylic acids is 1. The molecule has 0 aliphatic carbocycles. The van der Waals surface area contributed by atoms with Gasteiger partial charge >= 0.3 is 11.6 Å². The summed E-state index contributed by atoms with van der Waals surface area (Å²) >= 11 is 1.51. The molecule has 30 heavy (non-hydrogen) atoms. The van der Waals surface area contributed by atoms with Crippen molar-refractivity contribution in [1.82, 2.24) is 5.32 Å². The number of hydrogen-bond donors (Lipinski definition) is 2. The lowest BCUT2D eigenvalue weighted by Gasteiger charge is -2.14. The monoisotopic (exact) mass is 427 g/mol. The normalized spacial score (nSPS) is 11.8. The van der Waals surface area contributed by atoms with E-state index < -0.39 is 23.5 Å². The number of fused-ring (bicyclic) bond motifs is 1. The molecule has 0 unspecified atom stereocenters. The van der Waals surface area contributed by atoms with Gasteiger partial charge in [-0.2, -0.15) is 11.8 Å². The molecule has 0 aliphatic rings. The van der Waals surface area contributed by atoms with Crippen LogP contribution in [0.4, 0.5) is 0 Å². The molecule has 1 aromatic heterocycles. The topological polar surface area (TPSA) is 106 Å². The molecule has 1 atom stereocenters. The highest BCUT2D eigenvalue weighted by atomic mass is 32.2. The standard InChI is InChI=1S/C22H21NO6S/c1-30-11-10-18(21(25)26)23-20(24)13-28-16-8-6-14(7-9-16)19-12-15-4-2-3-5-17(15)22(27)29-19/h2-9,12,18H,10-11,13H2,1H3,(H,23,24)(H,25,26)/t18-/m0/s1. The molecular weight excluding hydrogens is 406 g/mol. The molecule has 7 nitrogen and oxygen atoms in total. The van der Waals surface area contributed by atoms with Gasteiger partial charge in [0.25, 0.3) is 5.91 Å². The molecule has 2 aromatic carbocycles. The van der Waals surface area contributed by atoms with Crippen molar-refractivity contribution < 1.29 is 23.8 Å². The second-order valence-electron chi connectivity index (χ2n) is 6.54. The zero-order chi connectivity index (χ0) is 21.5. The number of aliphatic carboxylic acids is 1. The molecular formula is C22H21NO6S. The lowest BCUT2D eigenvalue weighted by Crippen LogP contribution is -2.43. The molecule has 0 spiro atoms. The van der Waals surface area contributed by atoms with E-state index in [4.69, 9.17) is 14.3 Å². The fourth-order valence-electron chi connectivity index (χ4n) is 2.87. The largest absolute Gasteiger partial charge is 0.484 e. The van der Waals surface area contributed by atoms with Gasteiger partial charge in [0.05, 0.1) is 5.39 Å². The Morgan fingerprint density at radius 1 is 1.17 bits per heavy atom. The van der Waals surface area contributed by atoms with Crippen molar-refractivity contribution in [3.63, 3.8) is 0 Å². The quantitative estimate of drug-likeness (QED) is 0.540. The third-order valence-corrected chi connectivity index (χ3v) is 5.07. The van der Waals surface area contributed by atoms with Crippen LogP contribution in [0.25, 0.3) is 22.1 Å². The minimum atomic E-state index is -1.07. The number of nitrogens with one attached hydrogen (secondary N) is 1. The van der Waals surface area contributed by atoms with Crippen LogP contribution < -0.4 is 15.7 Å². The van der Waals surface area contributed by atoms with E-state index in [1.807, 2.05) is 18.4 Å². The first-order valence-electron chi connectivity index (χ1n) is 9.25. The number of carboxylic acid groups (broad SMARTS) is 1. The number of rotatable bonds is 9. The van der Waals surface area contributed by atoms with Crippen LogP contribution in [-0.4, -0.2) is 41.6 Å². The van der Waals surface area contributed by atoms with Crippen LogP contribution in [0.1, 0.15) is 6.42 Å². The zero-order valence-corrected chi connectivity index (χ0v) is 17.1. The van der Waals surface area contributed by atoms with E-state index in [0.717, 1.165) is 5.39 Å². The third kappa shape index (κ3) is 5.42. The van der Waals surface area contributed by atoms with Crippen molar-refractivity contribution >= 4 is 34.4 Å². The molecule has 0 aliphatic heterocycles. The number of amides is 1. The van der Waals surface area contributed by atoms with Crippen molar-refractivity contribution in [2.45, 2.75) is 12.5 Å². The van der Waals surface area contributed by atoms with Crippen LogP contribution in [-0.2, 0) is 9.59 Å². The summed E-state index contributed by atoms with van der Waals surface area (Å²) in [5.74, 6) is -0.0781. The molecule has 3 aromatic rings. The van der Waals surface area contributed by atoms with Gasteiger partial charge < -0.3 is 19.6 Å². The average molecular weight is 427 g/mol. The summed E-state index contributed by atoms with van der Waals surface area (Å²) in [6, 6.07) is 14.8. The van der Waals surface area contributed by atoms with E-state index in [-0.39, 0.29) is 6.61 Å². The van der Waals surface area contributed by atoms with E-state index in [9.17, 15) is 14.4 Å². The highest BCUT2D eigenvalue weighted by molar-refractivity contribution is 7.98. The first-order chi connectivity index (χ1) is 14.5. The lowest BCUT2D eigenvalue weighted by atomic mass is 10.1. The Labute approximate surface area is 177 Å². The molecule has 2 N–H and O–H groups in total. The summed E-state index contributed by atoms with van der Waals surface area (Å²) in [6.07, 6.45) is 2.21. The summed E-state index contributed by atoms with van der Waals surface area (Å²) in [6.45, 7) is -0.298. The molecule has 0 saturated carbocycles. The lowest BCUT2D eigenvalue weighted by molar-refractivity contribution is -0.142. The van der Waals surface area contributed by atoms with Gasteiger partial charge in [-0.05, 0) is 60.2 Å². The van der Waals surface area contributed by atoms with Gasteiger partial charge in [0.1, 0.15) is 17.6 Å².